The number of hydrogen-bond acceptors (Lipinski definition) is 3. The molecule has 0 spiro atoms. The van der Waals surface area contributed by atoms with Gasteiger partial charge in [0.1, 0.15) is 0 Å². The minimum atomic E-state index is -0.499. The summed E-state index contributed by atoms with van der Waals surface area (Å²) in [5, 5.41) is 8.07. The van der Waals surface area contributed by atoms with E-state index in [1.165, 1.54) is 4.90 Å². The van der Waals surface area contributed by atoms with Crippen LogP contribution in [0.25, 0.3) is 0 Å². The van der Waals surface area contributed by atoms with E-state index in [2.05, 4.69) is 15.9 Å². The van der Waals surface area contributed by atoms with Crippen LogP contribution in [0.15, 0.2) is 46.9 Å². The van der Waals surface area contributed by atoms with E-state index in [9.17, 15) is 9.59 Å². The summed E-state index contributed by atoms with van der Waals surface area (Å²) in [6.45, 7) is 0.346. The van der Waals surface area contributed by atoms with Crippen LogP contribution in [-0.2, 0) is 16.7 Å². The topological polar surface area (TPSA) is 87.2 Å². The standard InChI is InChI=1S/C17H14BrN3O2Se/c18-13-3-1-2-12-14(13)21(16(23)15(12)22)8-10-4-6-11(7-5-10)9-24-17(19)20/h1-7H,8-9H2,(H3,19,20). The summed E-state index contributed by atoms with van der Waals surface area (Å²) in [4.78, 5) is 25.9. The fourth-order valence-corrected chi connectivity index (χ4v) is 4.21. The Kier molecular flexibility index (Phi) is 4.85. The first kappa shape index (κ1) is 16.9. The molecule has 0 bridgehead atoms. The minimum absolute atomic E-state index is 0.0251. The molecule has 1 amide bonds. The first-order chi connectivity index (χ1) is 11.5. The number of nitrogens with two attached hydrogens (primary N) is 1. The molecule has 0 atom stereocenters. The Hall–Kier alpha value is -1.95. The molecular formula is C17H14BrN3O2Se. The third kappa shape index (κ3) is 3.29. The first-order valence-corrected chi connectivity index (χ1v) is 10.0. The van der Waals surface area contributed by atoms with Crippen molar-refractivity contribution < 1.29 is 9.59 Å². The van der Waals surface area contributed by atoms with Gasteiger partial charge in [-0.1, -0.05) is 0 Å². The zero-order valence-corrected chi connectivity index (χ0v) is 15.9. The Labute approximate surface area is 154 Å². The van der Waals surface area contributed by atoms with Crippen LogP contribution < -0.4 is 10.6 Å². The molecule has 7 heteroatoms. The van der Waals surface area contributed by atoms with Crippen LogP contribution in [0.3, 0.4) is 0 Å². The van der Waals surface area contributed by atoms with Crippen molar-refractivity contribution in [3.05, 3.63) is 63.6 Å². The van der Waals surface area contributed by atoms with Gasteiger partial charge in [0.2, 0.25) is 0 Å². The van der Waals surface area contributed by atoms with Crippen molar-refractivity contribution in [2.45, 2.75) is 11.9 Å². The van der Waals surface area contributed by atoms with Crippen LogP contribution >= 0.6 is 15.9 Å². The maximum atomic E-state index is 12.3. The van der Waals surface area contributed by atoms with Crippen molar-refractivity contribution in [2.24, 2.45) is 5.73 Å². The van der Waals surface area contributed by atoms with Crippen LogP contribution in [-0.4, -0.2) is 31.4 Å². The zero-order valence-electron chi connectivity index (χ0n) is 12.6. The molecule has 1 aliphatic rings. The normalized spacial score (nSPS) is 13.3. The number of benzene rings is 2. The third-order valence-electron chi connectivity index (χ3n) is 3.70. The van der Waals surface area contributed by atoms with Crippen LogP contribution in [0.4, 0.5) is 5.69 Å². The number of carbonyl (C=O) groups is 2. The van der Waals surface area contributed by atoms with Crippen molar-refractivity contribution in [1.29, 1.82) is 5.41 Å². The second-order valence-corrected chi connectivity index (χ2v) is 8.31. The molecule has 3 rings (SSSR count). The second kappa shape index (κ2) is 6.89. The summed E-state index contributed by atoms with van der Waals surface area (Å²) in [7, 11) is 0. The zero-order chi connectivity index (χ0) is 17.3. The van der Waals surface area contributed by atoms with Crippen molar-refractivity contribution in [2.75, 3.05) is 4.90 Å². The molecule has 0 radical (unpaired) electrons. The number of nitrogens with one attached hydrogen (secondary N) is 1. The second-order valence-electron chi connectivity index (χ2n) is 5.33. The van der Waals surface area contributed by atoms with Gasteiger partial charge >= 0.3 is 154 Å². The molecule has 0 saturated heterocycles. The summed E-state index contributed by atoms with van der Waals surface area (Å²) >= 11 is 3.40. The first-order valence-electron chi connectivity index (χ1n) is 7.16. The van der Waals surface area contributed by atoms with Gasteiger partial charge in [-0.25, -0.2) is 0 Å². The Morgan fingerprint density at radius 1 is 1.12 bits per heavy atom. The molecule has 0 aromatic heterocycles. The van der Waals surface area contributed by atoms with Gasteiger partial charge in [0.25, 0.3) is 0 Å². The van der Waals surface area contributed by atoms with Gasteiger partial charge in [0.05, 0.1) is 0 Å². The van der Waals surface area contributed by atoms with E-state index < -0.39 is 11.7 Å². The van der Waals surface area contributed by atoms with Gasteiger partial charge in [-0.3, -0.25) is 0 Å². The molecule has 0 saturated carbocycles. The molecule has 5 nitrogen and oxygen atoms in total. The molecule has 122 valence electrons. The number of rotatable bonds is 5. The SMILES string of the molecule is N=C(N)[Se]Cc1ccc(CN2C(=O)C(=O)c3cccc(Br)c32)cc1. The van der Waals surface area contributed by atoms with Gasteiger partial charge in [-0.15, -0.1) is 0 Å². The monoisotopic (exact) mass is 451 g/mol. The average molecular weight is 451 g/mol. The Bertz CT molecular complexity index is 836. The summed E-state index contributed by atoms with van der Waals surface area (Å²) in [5.41, 5.74) is 8.53. The van der Waals surface area contributed by atoms with E-state index >= 15 is 0 Å². The van der Waals surface area contributed by atoms with E-state index in [4.69, 9.17) is 11.1 Å². The van der Waals surface area contributed by atoms with Crippen LogP contribution in [0, 0.1) is 5.41 Å². The van der Waals surface area contributed by atoms with Crippen molar-refractivity contribution in [1.82, 2.24) is 0 Å². The van der Waals surface area contributed by atoms with Crippen LogP contribution in [0.1, 0.15) is 21.5 Å². The molecule has 0 unspecified atom stereocenters. The predicted molar refractivity (Wildman–Crippen MR) is 97.5 cm³/mol. The maximum absolute atomic E-state index is 12.3. The number of amidine groups is 1. The average Bonchev–Trinajstić information content (AvgIpc) is 2.80. The Balaban J connectivity index is 1.81. The molecule has 0 aliphatic carbocycles. The number of halogens is 1. The Morgan fingerprint density at radius 3 is 2.46 bits per heavy atom. The van der Waals surface area contributed by atoms with E-state index in [1.807, 2.05) is 30.3 Å². The van der Waals surface area contributed by atoms with Crippen molar-refractivity contribution in [3.8, 4) is 0 Å². The van der Waals surface area contributed by atoms with Crippen LogP contribution in [0.2, 0.25) is 0 Å². The van der Waals surface area contributed by atoms with Crippen molar-refractivity contribution >= 4 is 53.0 Å². The summed E-state index contributed by atoms with van der Waals surface area (Å²) in [5.74, 6) is -0.965. The number of anilines is 1. The molecule has 2 aromatic rings. The fraction of sp³-hybridized carbons (Fsp3) is 0.118. The predicted octanol–water partition coefficient (Wildman–Crippen LogP) is 2.28. The summed E-state index contributed by atoms with van der Waals surface area (Å²) < 4.78 is 0.967. The number of fused-ring (bicyclic) bond motifs is 1. The number of amides is 1. The van der Waals surface area contributed by atoms with Crippen LogP contribution in [0.5, 0.6) is 0 Å². The van der Waals surface area contributed by atoms with E-state index in [1.54, 1.807) is 12.1 Å². The molecule has 24 heavy (non-hydrogen) atoms. The van der Waals surface area contributed by atoms with E-state index in [0.717, 1.165) is 20.9 Å². The molecule has 0 fully saturated rings. The molecular weight excluding hydrogens is 437 g/mol. The number of hydrogen-bond donors (Lipinski definition) is 2. The Morgan fingerprint density at radius 2 is 1.79 bits per heavy atom. The fourth-order valence-electron chi connectivity index (χ4n) is 2.55. The number of Topliss-reactive ketones (excluding diaryl/α,β-unsaturated/α-hetero) is 1. The van der Waals surface area contributed by atoms with E-state index in [-0.39, 0.29) is 19.7 Å². The van der Waals surface area contributed by atoms with Gasteiger partial charge in [0, 0.05) is 0 Å². The van der Waals surface area contributed by atoms with Gasteiger partial charge in [-0.2, -0.15) is 0 Å². The third-order valence-corrected chi connectivity index (χ3v) is 5.99. The molecule has 2 aromatic carbocycles. The van der Waals surface area contributed by atoms with Crippen molar-refractivity contribution in [3.63, 3.8) is 0 Å². The summed E-state index contributed by atoms with van der Waals surface area (Å²) in [6, 6.07) is 13.1. The molecule has 3 N–H and O–H groups in total. The summed E-state index contributed by atoms with van der Waals surface area (Å²) in [6.07, 6.45) is 0. The van der Waals surface area contributed by atoms with Gasteiger partial charge < -0.3 is 0 Å². The quantitative estimate of drug-likeness (QED) is 0.317. The van der Waals surface area contributed by atoms with Gasteiger partial charge in [-0.05, 0) is 0 Å². The number of nitrogens with zero attached hydrogens (tertiary/aromatic N) is 1. The molecule has 1 heterocycles. The number of para-hydroxylation sites is 1. The van der Waals surface area contributed by atoms with Gasteiger partial charge in [0.15, 0.2) is 0 Å². The molecule has 1 aliphatic heterocycles. The van der Waals surface area contributed by atoms with E-state index in [0.29, 0.717) is 17.8 Å². The number of ketones is 1. The number of carbonyl (C=O) groups excluding carboxylic acids is 2.